The lowest BCUT2D eigenvalue weighted by Crippen LogP contribution is -2.40. The number of carbonyl (C=O) groups is 2. The molecule has 0 heterocycles. The van der Waals surface area contributed by atoms with Gasteiger partial charge >= 0.3 is 12.0 Å². The van der Waals surface area contributed by atoms with Crippen LogP contribution in [0.5, 0.6) is 0 Å². The highest BCUT2D eigenvalue weighted by Crippen LogP contribution is 2.22. The second-order valence-corrected chi connectivity index (χ2v) is 4.78. The van der Waals surface area contributed by atoms with Crippen LogP contribution in [0.15, 0.2) is 0 Å². The van der Waals surface area contributed by atoms with Crippen LogP contribution in [0.1, 0.15) is 38.5 Å². The van der Waals surface area contributed by atoms with Crippen molar-refractivity contribution in [1.29, 1.82) is 0 Å². The lowest BCUT2D eigenvalue weighted by molar-refractivity contribution is -0.146. The Morgan fingerprint density at radius 3 is 2.44 bits per heavy atom. The molecule has 0 aromatic rings. The van der Waals surface area contributed by atoms with Crippen molar-refractivity contribution in [3.05, 3.63) is 0 Å². The van der Waals surface area contributed by atoms with Crippen LogP contribution < -0.4 is 10.6 Å². The molecule has 2 amide bonds. The largest absolute Gasteiger partial charge is 0.479 e. The van der Waals surface area contributed by atoms with Crippen molar-refractivity contribution in [3.8, 4) is 0 Å². The topological polar surface area (TPSA) is 98.7 Å². The van der Waals surface area contributed by atoms with E-state index in [1.54, 1.807) is 0 Å². The lowest BCUT2D eigenvalue weighted by Gasteiger charge is -2.21. The lowest BCUT2D eigenvalue weighted by atomic mass is 9.89. The van der Waals surface area contributed by atoms with E-state index in [1.807, 2.05) is 0 Å². The first kappa shape index (κ1) is 14.8. The summed E-state index contributed by atoms with van der Waals surface area (Å²) in [5, 5.41) is 22.8. The predicted molar refractivity (Wildman–Crippen MR) is 66.2 cm³/mol. The number of aliphatic hydroxyl groups is 1. The zero-order valence-electron chi connectivity index (χ0n) is 10.5. The van der Waals surface area contributed by atoms with Crippen molar-refractivity contribution in [3.63, 3.8) is 0 Å². The Bertz CT molecular complexity index is 277. The van der Waals surface area contributed by atoms with E-state index < -0.39 is 12.1 Å². The van der Waals surface area contributed by atoms with Crippen LogP contribution in [-0.4, -0.2) is 41.4 Å². The minimum atomic E-state index is -1.41. The van der Waals surface area contributed by atoms with Crippen LogP contribution in [0.4, 0.5) is 4.79 Å². The maximum atomic E-state index is 11.4. The van der Waals surface area contributed by atoms with E-state index in [-0.39, 0.29) is 19.0 Å². The third-order valence-electron chi connectivity index (χ3n) is 3.26. The summed E-state index contributed by atoms with van der Waals surface area (Å²) in [5.41, 5.74) is 0. The number of carbonyl (C=O) groups excluding carboxylic acids is 1. The number of aliphatic carboxylic acids is 1. The average Bonchev–Trinajstić information content (AvgIpc) is 2.37. The molecule has 1 atom stereocenters. The fourth-order valence-corrected chi connectivity index (χ4v) is 2.14. The molecule has 104 valence electrons. The highest BCUT2D eigenvalue weighted by atomic mass is 16.4. The van der Waals surface area contributed by atoms with E-state index in [0.717, 1.165) is 12.8 Å². The van der Waals surface area contributed by atoms with E-state index >= 15 is 0 Å². The van der Waals surface area contributed by atoms with Crippen LogP contribution >= 0.6 is 0 Å². The first-order chi connectivity index (χ1) is 8.59. The Balaban J connectivity index is 2.04. The normalized spacial score (nSPS) is 18.1. The number of urea groups is 1. The second-order valence-electron chi connectivity index (χ2n) is 4.78. The Morgan fingerprint density at radius 2 is 1.83 bits per heavy atom. The molecule has 1 aliphatic carbocycles. The number of hydrogen-bond donors (Lipinski definition) is 4. The van der Waals surface area contributed by atoms with Gasteiger partial charge in [-0.1, -0.05) is 19.3 Å². The van der Waals surface area contributed by atoms with Crippen molar-refractivity contribution in [1.82, 2.24) is 10.6 Å². The summed E-state index contributed by atoms with van der Waals surface area (Å²) in [5.74, 6) is -0.700. The molecule has 1 aliphatic rings. The molecule has 1 rings (SSSR count). The van der Waals surface area contributed by atoms with Gasteiger partial charge in [-0.3, -0.25) is 0 Å². The van der Waals surface area contributed by atoms with E-state index in [0.29, 0.717) is 12.5 Å². The Kier molecular flexibility index (Phi) is 6.49. The SMILES string of the molecule is O=C(NCC[C@H](O)C(=O)O)NCC1CCCCC1. The number of amides is 2. The van der Waals surface area contributed by atoms with Gasteiger partial charge in [0.25, 0.3) is 0 Å². The second kappa shape index (κ2) is 7.92. The number of aliphatic hydroxyl groups excluding tert-OH is 1. The summed E-state index contributed by atoms with van der Waals surface area (Å²) in [7, 11) is 0. The summed E-state index contributed by atoms with van der Waals surface area (Å²) in [6, 6.07) is -0.293. The average molecular weight is 258 g/mol. The molecule has 0 radical (unpaired) electrons. The first-order valence-electron chi connectivity index (χ1n) is 6.52. The van der Waals surface area contributed by atoms with Gasteiger partial charge in [0.1, 0.15) is 0 Å². The van der Waals surface area contributed by atoms with Gasteiger partial charge in [-0.25, -0.2) is 9.59 Å². The fraction of sp³-hybridized carbons (Fsp3) is 0.833. The number of nitrogens with one attached hydrogen (secondary N) is 2. The fourth-order valence-electron chi connectivity index (χ4n) is 2.14. The molecule has 0 aliphatic heterocycles. The first-order valence-corrected chi connectivity index (χ1v) is 6.52. The van der Waals surface area contributed by atoms with E-state index in [2.05, 4.69) is 10.6 Å². The van der Waals surface area contributed by atoms with Gasteiger partial charge in [-0.15, -0.1) is 0 Å². The highest BCUT2D eigenvalue weighted by molar-refractivity contribution is 5.74. The molecule has 6 nitrogen and oxygen atoms in total. The summed E-state index contributed by atoms with van der Waals surface area (Å²) in [6.45, 7) is 0.831. The van der Waals surface area contributed by atoms with Crippen molar-refractivity contribution in [2.75, 3.05) is 13.1 Å². The number of carboxylic acids is 1. The Hall–Kier alpha value is -1.30. The van der Waals surface area contributed by atoms with E-state index in [1.165, 1.54) is 19.3 Å². The van der Waals surface area contributed by atoms with Gasteiger partial charge in [0.05, 0.1) is 0 Å². The molecule has 0 aromatic carbocycles. The highest BCUT2D eigenvalue weighted by Gasteiger charge is 2.15. The molecule has 1 fully saturated rings. The minimum Gasteiger partial charge on any atom is -0.479 e. The zero-order chi connectivity index (χ0) is 13.4. The van der Waals surface area contributed by atoms with Crippen LogP contribution in [0, 0.1) is 5.92 Å². The summed E-state index contributed by atoms with van der Waals surface area (Å²) < 4.78 is 0. The third-order valence-corrected chi connectivity index (χ3v) is 3.26. The third kappa shape index (κ3) is 5.86. The van der Waals surface area contributed by atoms with E-state index in [4.69, 9.17) is 10.2 Å². The van der Waals surface area contributed by atoms with Gasteiger partial charge in [0.15, 0.2) is 6.10 Å². The molecule has 0 spiro atoms. The van der Waals surface area contributed by atoms with Crippen LogP contribution in [0.2, 0.25) is 0 Å². The molecule has 1 saturated carbocycles. The van der Waals surface area contributed by atoms with Crippen LogP contribution in [0.25, 0.3) is 0 Å². The van der Waals surface area contributed by atoms with E-state index in [9.17, 15) is 9.59 Å². The Morgan fingerprint density at radius 1 is 1.17 bits per heavy atom. The zero-order valence-corrected chi connectivity index (χ0v) is 10.5. The number of hydrogen-bond acceptors (Lipinski definition) is 3. The Labute approximate surface area is 107 Å². The predicted octanol–water partition coefficient (Wildman–Crippen LogP) is 0.701. The molecule has 6 heteroatoms. The van der Waals surface area contributed by atoms with Crippen molar-refractivity contribution >= 4 is 12.0 Å². The van der Waals surface area contributed by atoms with Gasteiger partial charge in [0.2, 0.25) is 0 Å². The monoisotopic (exact) mass is 258 g/mol. The van der Waals surface area contributed by atoms with Gasteiger partial charge in [0, 0.05) is 19.5 Å². The quantitative estimate of drug-likeness (QED) is 0.563. The maximum Gasteiger partial charge on any atom is 0.332 e. The number of rotatable bonds is 6. The van der Waals surface area contributed by atoms with Crippen molar-refractivity contribution in [2.24, 2.45) is 5.92 Å². The minimum absolute atomic E-state index is 0.0200. The van der Waals surface area contributed by atoms with Crippen LogP contribution in [0.3, 0.4) is 0 Å². The summed E-state index contributed by atoms with van der Waals surface area (Å²) in [4.78, 5) is 21.7. The van der Waals surface area contributed by atoms with Crippen LogP contribution in [-0.2, 0) is 4.79 Å². The summed E-state index contributed by atoms with van der Waals surface area (Å²) >= 11 is 0. The maximum absolute atomic E-state index is 11.4. The standard InChI is InChI=1S/C12H22N2O4/c15-10(11(16)17)6-7-13-12(18)14-8-9-4-2-1-3-5-9/h9-10,15H,1-8H2,(H,16,17)(H2,13,14,18)/t10-/m0/s1. The summed E-state index contributed by atoms with van der Waals surface area (Å²) in [6.07, 6.45) is 4.69. The van der Waals surface area contributed by atoms with Gasteiger partial charge < -0.3 is 20.8 Å². The van der Waals surface area contributed by atoms with Crippen molar-refractivity contribution in [2.45, 2.75) is 44.6 Å². The molecule has 0 bridgehead atoms. The van der Waals surface area contributed by atoms with Gasteiger partial charge in [-0.05, 0) is 18.8 Å². The van der Waals surface area contributed by atoms with Gasteiger partial charge in [-0.2, -0.15) is 0 Å². The molecule has 0 aromatic heterocycles. The molecular formula is C12H22N2O4. The molecular weight excluding hydrogens is 236 g/mol. The molecule has 0 saturated heterocycles. The smallest absolute Gasteiger partial charge is 0.332 e. The number of carboxylic acid groups (broad SMARTS) is 1. The molecule has 0 unspecified atom stereocenters. The van der Waals surface area contributed by atoms with Crippen molar-refractivity contribution < 1.29 is 19.8 Å². The molecule has 18 heavy (non-hydrogen) atoms. The molecule has 4 N–H and O–H groups in total.